The molecule has 0 bridgehead atoms. The number of methoxy groups -OCH3 is 1. The molecule has 1 rings (SSSR count). The Bertz CT molecular complexity index is 513. The van der Waals surface area contributed by atoms with Crippen LogP contribution in [0.3, 0.4) is 0 Å². The van der Waals surface area contributed by atoms with Gasteiger partial charge in [0.1, 0.15) is 6.67 Å². The van der Waals surface area contributed by atoms with Crippen molar-refractivity contribution in [2.24, 2.45) is 27.2 Å². The fourth-order valence-corrected chi connectivity index (χ4v) is 1.75. The highest BCUT2D eigenvalue weighted by Gasteiger charge is 2.18. The Balaban J connectivity index is 2.78. The molecule has 7 heteroatoms. The zero-order valence-electron chi connectivity index (χ0n) is 11.8. The van der Waals surface area contributed by atoms with Gasteiger partial charge in [-0.15, -0.1) is 0 Å². The van der Waals surface area contributed by atoms with Crippen molar-refractivity contribution < 1.29 is 9.13 Å². The van der Waals surface area contributed by atoms with Crippen molar-refractivity contribution >= 4 is 18.4 Å². The maximum absolute atomic E-state index is 12.6. The summed E-state index contributed by atoms with van der Waals surface area (Å²) < 4.78 is 17.8. The van der Waals surface area contributed by atoms with Gasteiger partial charge in [-0.05, 0) is 17.2 Å². The molecule has 6 nitrogen and oxygen atoms in total. The highest BCUT2D eigenvalue weighted by Crippen LogP contribution is 2.20. The van der Waals surface area contributed by atoms with Crippen LogP contribution in [0.15, 0.2) is 40.5 Å². The first-order valence-electron chi connectivity index (χ1n) is 6.30. The summed E-state index contributed by atoms with van der Waals surface area (Å²) in [5, 5.41) is 0. The molecule has 0 aliphatic rings. The molecule has 0 saturated carbocycles. The van der Waals surface area contributed by atoms with Crippen LogP contribution in [-0.4, -0.2) is 32.1 Å². The van der Waals surface area contributed by atoms with Crippen LogP contribution in [0, 0.1) is 0 Å². The molecule has 0 saturated heterocycles. The number of nitrogens with zero attached hydrogens (tertiary/aromatic N) is 2. The van der Waals surface area contributed by atoms with Crippen LogP contribution in [-0.2, 0) is 4.74 Å². The summed E-state index contributed by atoms with van der Waals surface area (Å²) in [6, 6.07) is 6.67. The van der Waals surface area contributed by atoms with Gasteiger partial charge in [-0.25, -0.2) is 14.4 Å². The average molecular weight is 293 g/mol. The molecule has 114 valence electrons. The topological polar surface area (TPSA) is 112 Å². The van der Waals surface area contributed by atoms with E-state index in [1.54, 1.807) is 6.08 Å². The van der Waals surface area contributed by atoms with Crippen LogP contribution in [0.25, 0.3) is 6.08 Å². The first-order valence-corrected chi connectivity index (χ1v) is 6.30. The first-order chi connectivity index (χ1) is 10.1. The van der Waals surface area contributed by atoms with Crippen LogP contribution in [0.2, 0.25) is 0 Å². The fraction of sp³-hybridized carbons (Fsp3) is 0.286. The van der Waals surface area contributed by atoms with Crippen molar-refractivity contribution in [1.82, 2.24) is 0 Å². The predicted molar refractivity (Wildman–Crippen MR) is 83.5 cm³/mol. The minimum absolute atomic E-state index is 0.0683. The summed E-state index contributed by atoms with van der Waals surface area (Å²) in [7, 11) is 1.50. The molecule has 0 heterocycles. The quantitative estimate of drug-likeness (QED) is 0.535. The lowest BCUT2D eigenvalue weighted by atomic mass is 10.0. The summed E-state index contributed by atoms with van der Waals surface area (Å²) in [5.41, 5.74) is 17.9. The summed E-state index contributed by atoms with van der Waals surface area (Å²) in [4.78, 5) is 7.46. The van der Waals surface area contributed by atoms with Crippen molar-refractivity contribution in [3.05, 3.63) is 41.6 Å². The minimum Gasteiger partial charge on any atom is -0.390 e. The molecule has 0 aliphatic carbocycles. The van der Waals surface area contributed by atoms with E-state index in [1.807, 2.05) is 24.3 Å². The van der Waals surface area contributed by atoms with Crippen LogP contribution in [0.4, 0.5) is 4.39 Å². The Morgan fingerprint density at radius 2 is 2.05 bits per heavy atom. The number of halogens is 1. The largest absolute Gasteiger partial charge is 0.390 e. The predicted octanol–water partition coefficient (Wildman–Crippen LogP) is 0.943. The van der Waals surface area contributed by atoms with Gasteiger partial charge >= 0.3 is 0 Å². The van der Waals surface area contributed by atoms with E-state index in [4.69, 9.17) is 21.9 Å². The van der Waals surface area contributed by atoms with E-state index in [-0.39, 0.29) is 5.96 Å². The number of hydrogen-bond donors (Lipinski definition) is 3. The first kappa shape index (κ1) is 16.8. The Morgan fingerprint density at radius 1 is 1.38 bits per heavy atom. The maximum Gasteiger partial charge on any atom is 0.221 e. The van der Waals surface area contributed by atoms with Gasteiger partial charge in [-0.3, -0.25) is 0 Å². The second-order valence-corrected chi connectivity index (χ2v) is 4.22. The Morgan fingerprint density at radius 3 is 2.57 bits per heavy atom. The molecule has 1 aromatic rings. The molecule has 0 fully saturated rings. The van der Waals surface area contributed by atoms with Crippen molar-refractivity contribution in [3.63, 3.8) is 0 Å². The number of aliphatic imine (C=N–C) groups is 2. The van der Waals surface area contributed by atoms with Gasteiger partial charge in [0.05, 0.1) is 18.5 Å². The van der Waals surface area contributed by atoms with E-state index in [0.717, 1.165) is 17.5 Å². The monoisotopic (exact) mass is 293 g/mol. The SMILES string of the molecule is COC(c1ccc(/C=C/N=C(N)/N=C\N)cc1)C(N)CF. The van der Waals surface area contributed by atoms with Crippen molar-refractivity contribution in [2.45, 2.75) is 12.1 Å². The van der Waals surface area contributed by atoms with Gasteiger partial charge in [0.15, 0.2) is 0 Å². The smallest absolute Gasteiger partial charge is 0.221 e. The molecule has 6 N–H and O–H groups in total. The standard InChI is InChI=1S/C14H20FN5O/c1-21-13(12(17)8-15)11-4-2-10(3-5-11)6-7-19-14(18)20-9-16/h2-7,9,12-13H,8,17H2,1H3,(H4,16,18,19,20)/b7-6+. The highest BCUT2D eigenvalue weighted by atomic mass is 19.1. The van der Waals surface area contributed by atoms with E-state index >= 15 is 0 Å². The van der Waals surface area contributed by atoms with Crippen LogP contribution in [0.1, 0.15) is 17.2 Å². The lowest BCUT2D eigenvalue weighted by Crippen LogP contribution is -2.31. The zero-order valence-corrected chi connectivity index (χ0v) is 11.8. The minimum atomic E-state index is -0.685. The lowest BCUT2D eigenvalue weighted by molar-refractivity contribution is 0.0721. The van der Waals surface area contributed by atoms with Crippen molar-refractivity contribution in [3.8, 4) is 0 Å². The average Bonchev–Trinajstić information content (AvgIpc) is 2.49. The zero-order chi connectivity index (χ0) is 15.7. The molecule has 1 aromatic carbocycles. The van der Waals surface area contributed by atoms with Gasteiger partial charge in [0, 0.05) is 13.3 Å². The molecule has 2 atom stereocenters. The molecule has 0 radical (unpaired) electrons. The van der Waals surface area contributed by atoms with Crippen LogP contribution in [0.5, 0.6) is 0 Å². The van der Waals surface area contributed by atoms with Gasteiger partial charge in [-0.2, -0.15) is 0 Å². The number of benzene rings is 1. The number of hydrogen-bond acceptors (Lipinski definition) is 3. The molecular formula is C14H20FN5O. The third-order valence-electron chi connectivity index (χ3n) is 2.77. The second kappa shape index (κ2) is 8.83. The van der Waals surface area contributed by atoms with Crippen LogP contribution < -0.4 is 17.2 Å². The van der Waals surface area contributed by atoms with Crippen molar-refractivity contribution in [1.29, 1.82) is 0 Å². The maximum atomic E-state index is 12.6. The second-order valence-electron chi connectivity index (χ2n) is 4.22. The molecular weight excluding hydrogens is 273 g/mol. The van der Waals surface area contributed by atoms with Gasteiger partial charge in [0.25, 0.3) is 0 Å². The van der Waals surface area contributed by atoms with E-state index in [2.05, 4.69) is 9.98 Å². The third kappa shape index (κ3) is 5.33. The third-order valence-corrected chi connectivity index (χ3v) is 2.77. The number of ether oxygens (including phenoxy) is 1. The lowest BCUT2D eigenvalue weighted by Gasteiger charge is -2.20. The Kier molecular flexibility index (Phi) is 7.06. The molecule has 21 heavy (non-hydrogen) atoms. The number of nitrogens with two attached hydrogens (primary N) is 3. The normalized spacial score (nSPS) is 15.7. The van der Waals surface area contributed by atoms with E-state index in [9.17, 15) is 4.39 Å². The van der Waals surface area contributed by atoms with Gasteiger partial charge < -0.3 is 21.9 Å². The van der Waals surface area contributed by atoms with Crippen molar-refractivity contribution in [2.75, 3.05) is 13.8 Å². The number of rotatable bonds is 6. The van der Waals surface area contributed by atoms with Gasteiger partial charge in [0.2, 0.25) is 5.96 Å². The summed E-state index contributed by atoms with van der Waals surface area (Å²) >= 11 is 0. The number of alkyl halides is 1. The van der Waals surface area contributed by atoms with E-state index in [0.29, 0.717) is 0 Å². The molecule has 2 unspecified atom stereocenters. The van der Waals surface area contributed by atoms with E-state index in [1.165, 1.54) is 13.3 Å². The van der Waals surface area contributed by atoms with Gasteiger partial charge in [-0.1, -0.05) is 24.3 Å². The number of guanidine groups is 1. The Labute approximate surface area is 123 Å². The van der Waals surface area contributed by atoms with Crippen LogP contribution >= 0.6 is 0 Å². The molecule has 0 aromatic heterocycles. The Hall–Kier alpha value is -2.25. The molecule has 0 aliphatic heterocycles. The molecule has 0 spiro atoms. The summed E-state index contributed by atoms with van der Waals surface area (Å²) in [5.74, 6) is 0.0683. The molecule has 0 amide bonds. The highest BCUT2D eigenvalue weighted by molar-refractivity contribution is 5.86. The van der Waals surface area contributed by atoms with E-state index < -0.39 is 18.8 Å². The fourth-order valence-electron chi connectivity index (χ4n) is 1.75. The summed E-state index contributed by atoms with van der Waals surface area (Å²) in [6.07, 6.45) is 3.86. The summed E-state index contributed by atoms with van der Waals surface area (Å²) in [6.45, 7) is -0.643.